The van der Waals surface area contributed by atoms with Gasteiger partial charge in [-0.05, 0) is 45.4 Å². The van der Waals surface area contributed by atoms with Crippen LogP contribution in [-0.4, -0.2) is 35.9 Å². The summed E-state index contributed by atoms with van der Waals surface area (Å²) in [6, 6.07) is 0.165. The van der Waals surface area contributed by atoms with E-state index in [0.29, 0.717) is 25.4 Å². The van der Waals surface area contributed by atoms with E-state index in [1.54, 1.807) is 0 Å². The van der Waals surface area contributed by atoms with Crippen LogP contribution in [-0.2, 0) is 9.53 Å². The minimum atomic E-state index is -0.810. The van der Waals surface area contributed by atoms with E-state index in [4.69, 9.17) is 4.74 Å². The molecule has 2 N–H and O–H groups in total. The minimum Gasteiger partial charge on any atom is -0.480 e. The molecule has 0 spiro atoms. The zero-order valence-electron chi connectivity index (χ0n) is 13.2. The van der Waals surface area contributed by atoms with Gasteiger partial charge in [-0.2, -0.15) is 0 Å². The van der Waals surface area contributed by atoms with Crippen molar-refractivity contribution in [2.24, 2.45) is 5.92 Å². The number of hydrogen-bond donors (Lipinski definition) is 2. The van der Waals surface area contributed by atoms with Gasteiger partial charge in [-0.25, -0.2) is 0 Å². The average Bonchev–Trinajstić information content (AvgIpc) is 2.30. The van der Waals surface area contributed by atoms with Crippen molar-refractivity contribution in [1.29, 1.82) is 0 Å². The van der Waals surface area contributed by atoms with Crippen molar-refractivity contribution >= 4 is 5.97 Å². The number of nitrogens with one attached hydrogen (secondary N) is 1. The van der Waals surface area contributed by atoms with Gasteiger partial charge in [-0.1, -0.05) is 20.8 Å². The van der Waals surface area contributed by atoms with Crippen LogP contribution in [0.2, 0.25) is 0 Å². The van der Waals surface area contributed by atoms with Crippen LogP contribution in [0.5, 0.6) is 0 Å². The number of rotatable bonds is 11. The molecule has 0 amide bonds. The van der Waals surface area contributed by atoms with E-state index >= 15 is 0 Å². The van der Waals surface area contributed by atoms with Gasteiger partial charge >= 0.3 is 5.97 Å². The molecule has 19 heavy (non-hydrogen) atoms. The number of carboxylic acids is 1. The van der Waals surface area contributed by atoms with Crippen molar-refractivity contribution in [1.82, 2.24) is 5.32 Å². The van der Waals surface area contributed by atoms with Crippen LogP contribution in [0.15, 0.2) is 0 Å². The average molecular weight is 273 g/mol. The quantitative estimate of drug-likeness (QED) is 0.568. The molecule has 0 fully saturated rings. The van der Waals surface area contributed by atoms with Crippen LogP contribution in [0.1, 0.15) is 60.3 Å². The molecule has 0 saturated heterocycles. The molecule has 0 aliphatic heterocycles. The monoisotopic (exact) mass is 273 g/mol. The predicted octanol–water partition coefficient (Wildman–Crippen LogP) is 3.06. The van der Waals surface area contributed by atoms with E-state index in [9.17, 15) is 9.90 Å². The maximum absolute atomic E-state index is 11.5. The van der Waals surface area contributed by atoms with Crippen molar-refractivity contribution in [2.75, 3.05) is 13.2 Å². The molecule has 0 aromatic rings. The van der Waals surface area contributed by atoms with Crippen molar-refractivity contribution in [3.8, 4) is 0 Å². The third-order valence-corrected chi connectivity index (χ3v) is 3.31. The van der Waals surface area contributed by atoms with Crippen molar-refractivity contribution in [3.05, 3.63) is 0 Å². The normalized spacial score (nSPS) is 14.9. The standard InChI is InChI=1S/C15H31NO3/c1-6-15(14(17)18,16-13(4)5)9-7-10-19-11-8-12(2)3/h12-13,16H,6-11H2,1-5H3,(H,17,18). The van der Waals surface area contributed by atoms with E-state index in [2.05, 4.69) is 19.2 Å². The summed E-state index contributed by atoms with van der Waals surface area (Å²) < 4.78 is 5.55. The van der Waals surface area contributed by atoms with Crippen LogP contribution in [0.3, 0.4) is 0 Å². The molecular formula is C15H31NO3. The molecule has 4 heteroatoms. The first kappa shape index (κ1) is 18.4. The summed E-state index contributed by atoms with van der Waals surface area (Å²) in [5, 5.41) is 12.6. The Labute approximate surface area is 117 Å². The molecular weight excluding hydrogens is 242 g/mol. The molecule has 0 aliphatic rings. The van der Waals surface area contributed by atoms with Crippen LogP contribution >= 0.6 is 0 Å². The van der Waals surface area contributed by atoms with E-state index in [-0.39, 0.29) is 6.04 Å². The Hall–Kier alpha value is -0.610. The van der Waals surface area contributed by atoms with Crippen LogP contribution in [0.4, 0.5) is 0 Å². The summed E-state index contributed by atoms with van der Waals surface area (Å²) in [5.41, 5.74) is -0.810. The molecule has 0 bridgehead atoms. The number of ether oxygens (including phenoxy) is 1. The Morgan fingerprint density at radius 3 is 2.32 bits per heavy atom. The summed E-state index contributed by atoms with van der Waals surface area (Å²) in [5.74, 6) is -0.109. The Bertz CT molecular complexity index is 254. The van der Waals surface area contributed by atoms with Gasteiger partial charge < -0.3 is 9.84 Å². The molecule has 114 valence electrons. The maximum atomic E-state index is 11.5. The molecule has 0 saturated carbocycles. The van der Waals surface area contributed by atoms with E-state index < -0.39 is 11.5 Å². The third-order valence-electron chi connectivity index (χ3n) is 3.31. The first-order valence-electron chi connectivity index (χ1n) is 7.43. The van der Waals surface area contributed by atoms with Crippen LogP contribution in [0, 0.1) is 5.92 Å². The summed E-state index contributed by atoms with van der Waals surface area (Å²) in [4.78, 5) is 11.5. The molecule has 1 unspecified atom stereocenters. The number of hydrogen-bond acceptors (Lipinski definition) is 3. The Kier molecular flexibility index (Phi) is 9.02. The van der Waals surface area contributed by atoms with Crippen molar-refractivity contribution in [3.63, 3.8) is 0 Å². The summed E-state index contributed by atoms with van der Waals surface area (Å²) in [6.45, 7) is 11.6. The zero-order valence-corrected chi connectivity index (χ0v) is 13.2. The minimum absolute atomic E-state index is 0.165. The van der Waals surface area contributed by atoms with Gasteiger partial charge in [0.05, 0.1) is 0 Å². The van der Waals surface area contributed by atoms with Gasteiger partial charge in [-0.15, -0.1) is 0 Å². The lowest BCUT2D eigenvalue weighted by Crippen LogP contribution is -2.54. The van der Waals surface area contributed by atoms with Crippen LogP contribution in [0.25, 0.3) is 0 Å². The van der Waals surface area contributed by atoms with Crippen LogP contribution < -0.4 is 5.32 Å². The topological polar surface area (TPSA) is 58.6 Å². The van der Waals surface area contributed by atoms with Crippen molar-refractivity contribution in [2.45, 2.75) is 71.9 Å². The first-order chi connectivity index (χ1) is 8.84. The first-order valence-corrected chi connectivity index (χ1v) is 7.43. The smallest absolute Gasteiger partial charge is 0.323 e. The summed E-state index contributed by atoms with van der Waals surface area (Å²) in [6.07, 6.45) is 3.03. The molecule has 0 heterocycles. The molecule has 0 rings (SSSR count). The highest BCUT2D eigenvalue weighted by molar-refractivity contribution is 5.78. The fourth-order valence-electron chi connectivity index (χ4n) is 2.12. The third kappa shape index (κ3) is 7.53. The second-order valence-electron chi connectivity index (χ2n) is 5.94. The Morgan fingerprint density at radius 1 is 1.26 bits per heavy atom. The lowest BCUT2D eigenvalue weighted by atomic mass is 9.89. The highest BCUT2D eigenvalue weighted by atomic mass is 16.5. The van der Waals surface area contributed by atoms with E-state index in [1.165, 1.54) is 0 Å². The van der Waals surface area contributed by atoms with Gasteiger partial charge in [0.2, 0.25) is 0 Å². The van der Waals surface area contributed by atoms with Crippen molar-refractivity contribution < 1.29 is 14.6 Å². The highest BCUT2D eigenvalue weighted by Gasteiger charge is 2.36. The fourth-order valence-corrected chi connectivity index (χ4v) is 2.12. The number of carboxylic acid groups (broad SMARTS) is 1. The van der Waals surface area contributed by atoms with Gasteiger partial charge in [0.25, 0.3) is 0 Å². The van der Waals surface area contributed by atoms with Gasteiger partial charge in [0.15, 0.2) is 0 Å². The second kappa shape index (κ2) is 9.32. The van der Waals surface area contributed by atoms with Gasteiger partial charge in [0.1, 0.15) is 5.54 Å². The summed E-state index contributed by atoms with van der Waals surface area (Å²) >= 11 is 0. The largest absolute Gasteiger partial charge is 0.480 e. The Balaban J connectivity index is 4.10. The lowest BCUT2D eigenvalue weighted by molar-refractivity contribution is -0.146. The molecule has 0 aromatic carbocycles. The van der Waals surface area contributed by atoms with E-state index in [1.807, 2.05) is 20.8 Å². The maximum Gasteiger partial charge on any atom is 0.323 e. The van der Waals surface area contributed by atoms with E-state index in [0.717, 1.165) is 19.4 Å². The highest BCUT2D eigenvalue weighted by Crippen LogP contribution is 2.19. The number of carbonyl (C=O) groups is 1. The lowest BCUT2D eigenvalue weighted by Gasteiger charge is -2.31. The molecule has 1 atom stereocenters. The molecule has 0 radical (unpaired) electrons. The predicted molar refractivity (Wildman–Crippen MR) is 78.4 cm³/mol. The SMILES string of the molecule is CCC(CCCOCCC(C)C)(NC(C)C)C(=O)O. The number of aliphatic carboxylic acids is 1. The fraction of sp³-hybridized carbons (Fsp3) is 0.933. The second-order valence-corrected chi connectivity index (χ2v) is 5.94. The Morgan fingerprint density at radius 2 is 1.89 bits per heavy atom. The zero-order chi connectivity index (χ0) is 14.9. The van der Waals surface area contributed by atoms with Gasteiger partial charge in [0, 0.05) is 19.3 Å². The molecule has 0 aliphatic carbocycles. The summed E-state index contributed by atoms with van der Waals surface area (Å²) in [7, 11) is 0. The van der Waals surface area contributed by atoms with Gasteiger partial charge in [-0.3, -0.25) is 10.1 Å². The molecule has 0 aromatic heterocycles. The molecule has 4 nitrogen and oxygen atoms in total.